The van der Waals surface area contributed by atoms with Crippen molar-refractivity contribution in [1.29, 1.82) is 0 Å². The Hall–Kier alpha value is -0.160. The zero-order valence-electron chi connectivity index (χ0n) is 11.4. The van der Waals surface area contributed by atoms with E-state index in [9.17, 15) is 5.11 Å². The monoisotopic (exact) mass is 255 g/mol. The highest BCUT2D eigenvalue weighted by Gasteiger charge is 2.47. The van der Waals surface area contributed by atoms with E-state index >= 15 is 0 Å². The van der Waals surface area contributed by atoms with Crippen LogP contribution in [0.5, 0.6) is 0 Å². The summed E-state index contributed by atoms with van der Waals surface area (Å²) in [5.74, 6) is 0. The van der Waals surface area contributed by atoms with E-state index in [4.69, 9.17) is 9.47 Å². The molecule has 4 nitrogen and oxygen atoms in total. The van der Waals surface area contributed by atoms with Crippen LogP contribution in [0.4, 0.5) is 0 Å². The molecule has 0 radical (unpaired) electrons. The fourth-order valence-electron chi connectivity index (χ4n) is 3.60. The van der Waals surface area contributed by atoms with Gasteiger partial charge in [0.05, 0.1) is 11.2 Å². The number of nitrogens with zero attached hydrogens (tertiary/aromatic N) is 1. The first-order chi connectivity index (χ1) is 8.65. The number of likely N-dealkylation sites (tertiary alicyclic amines) is 1. The van der Waals surface area contributed by atoms with E-state index in [1.54, 1.807) is 0 Å². The van der Waals surface area contributed by atoms with Crippen molar-refractivity contribution < 1.29 is 14.6 Å². The largest absolute Gasteiger partial charge is 0.387 e. The van der Waals surface area contributed by atoms with Crippen LogP contribution < -0.4 is 0 Å². The van der Waals surface area contributed by atoms with Gasteiger partial charge in [0, 0.05) is 39.0 Å². The summed E-state index contributed by atoms with van der Waals surface area (Å²) in [6.07, 6.45) is 5.18. The lowest BCUT2D eigenvalue weighted by atomic mass is 9.80. The van der Waals surface area contributed by atoms with Crippen LogP contribution in [0.25, 0.3) is 0 Å². The lowest BCUT2D eigenvalue weighted by Gasteiger charge is -2.54. The molecule has 0 aromatic rings. The highest BCUT2D eigenvalue weighted by Crippen LogP contribution is 2.38. The van der Waals surface area contributed by atoms with Gasteiger partial charge in [-0.1, -0.05) is 6.92 Å². The van der Waals surface area contributed by atoms with Gasteiger partial charge in [-0.25, -0.2) is 0 Å². The molecule has 3 fully saturated rings. The fourth-order valence-corrected chi connectivity index (χ4v) is 3.60. The molecule has 1 unspecified atom stereocenters. The normalized spacial score (nSPS) is 35.3. The quantitative estimate of drug-likeness (QED) is 0.804. The second-order valence-electron chi connectivity index (χ2n) is 6.27. The summed E-state index contributed by atoms with van der Waals surface area (Å²) in [7, 11) is 0. The smallest absolute Gasteiger partial charge is 0.0897 e. The Balaban J connectivity index is 1.58. The van der Waals surface area contributed by atoms with Crippen LogP contribution in [0.2, 0.25) is 0 Å². The van der Waals surface area contributed by atoms with Crippen LogP contribution in [0.15, 0.2) is 0 Å². The predicted molar refractivity (Wildman–Crippen MR) is 68.6 cm³/mol. The van der Waals surface area contributed by atoms with Gasteiger partial charge < -0.3 is 14.6 Å². The van der Waals surface area contributed by atoms with Crippen LogP contribution in [-0.4, -0.2) is 60.2 Å². The zero-order chi connectivity index (χ0) is 12.6. The summed E-state index contributed by atoms with van der Waals surface area (Å²) < 4.78 is 11.5. The molecule has 1 spiro atoms. The molecular formula is C14H25NO3. The Kier molecular flexibility index (Phi) is 3.39. The second kappa shape index (κ2) is 4.75. The van der Waals surface area contributed by atoms with Gasteiger partial charge in [0.15, 0.2) is 0 Å². The van der Waals surface area contributed by atoms with E-state index in [0.717, 1.165) is 65.0 Å². The molecular weight excluding hydrogens is 230 g/mol. The van der Waals surface area contributed by atoms with Crippen LogP contribution in [-0.2, 0) is 9.47 Å². The van der Waals surface area contributed by atoms with Gasteiger partial charge in [0.2, 0.25) is 0 Å². The number of hydrogen-bond donors (Lipinski definition) is 1. The summed E-state index contributed by atoms with van der Waals surface area (Å²) in [6, 6.07) is 0.601. The number of β-amino-alcohol motifs (C(OH)–C–C–N with tert-alkyl or cyclic N) is 1. The molecule has 18 heavy (non-hydrogen) atoms. The van der Waals surface area contributed by atoms with Crippen LogP contribution >= 0.6 is 0 Å². The maximum Gasteiger partial charge on any atom is 0.0897 e. The molecule has 0 bridgehead atoms. The van der Waals surface area contributed by atoms with E-state index in [0.29, 0.717) is 6.04 Å². The van der Waals surface area contributed by atoms with Crippen molar-refractivity contribution in [3.05, 3.63) is 0 Å². The van der Waals surface area contributed by atoms with Crippen molar-refractivity contribution >= 4 is 0 Å². The minimum atomic E-state index is -0.416. The Morgan fingerprint density at radius 3 is 2.61 bits per heavy atom. The number of ether oxygens (including phenoxy) is 2. The van der Waals surface area contributed by atoms with Gasteiger partial charge in [-0.3, -0.25) is 4.90 Å². The Morgan fingerprint density at radius 1 is 1.22 bits per heavy atom. The van der Waals surface area contributed by atoms with E-state index in [2.05, 4.69) is 11.8 Å². The predicted octanol–water partition coefficient (Wildman–Crippen LogP) is 1.17. The molecule has 104 valence electrons. The van der Waals surface area contributed by atoms with Crippen molar-refractivity contribution in [2.75, 3.05) is 32.9 Å². The average Bonchev–Trinajstić information content (AvgIpc) is 2.36. The Bertz CT molecular complexity index is 290. The first-order valence-electron chi connectivity index (χ1n) is 7.33. The zero-order valence-corrected chi connectivity index (χ0v) is 11.4. The fraction of sp³-hybridized carbons (Fsp3) is 1.00. The molecule has 3 saturated heterocycles. The minimum Gasteiger partial charge on any atom is -0.387 e. The molecule has 0 saturated carbocycles. The van der Waals surface area contributed by atoms with Crippen molar-refractivity contribution in [3.63, 3.8) is 0 Å². The van der Waals surface area contributed by atoms with Crippen molar-refractivity contribution in [2.45, 2.75) is 56.3 Å². The highest BCUT2D eigenvalue weighted by molar-refractivity contribution is 5.01. The van der Waals surface area contributed by atoms with E-state index < -0.39 is 5.60 Å². The molecule has 0 aromatic carbocycles. The lowest BCUT2D eigenvalue weighted by Crippen LogP contribution is -2.66. The van der Waals surface area contributed by atoms with Gasteiger partial charge in [-0.15, -0.1) is 0 Å². The molecule has 3 rings (SSSR count). The van der Waals surface area contributed by atoms with Crippen molar-refractivity contribution in [2.24, 2.45) is 0 Å². The Morgan fingerprint density at radius 2 is 1.94 bits per heavy atom. The lowest BCUT2D eigenvalue weighted by molar-refractivity contribution is -0.181. The number of aliphatic hydroxyl groups is 1. The van der Waals surface area contributed by atoms with Gasteiger partial charge in [0.1, 0.15) is 0 Å². The van der Waals surface area contributed by atoms with Crippen LogP contribution in [0.1, 0.15) is 39.0 Å². The van der Waals surface area contributed by atoms with Crippen molar-refractivity contribution in [3.8, 4) is 0 Å². The average molecular weight is 255 g/mol. The number of hydrogen-bond acceptors (Lipinski definition) is 4. The third kappa shape index (κ3) is 2.31. The first kappa shape index (κ1) is 12.9. The minimum absolute atomic E-state index is 0.0705. The molecule has 0 amide bonds. The summed E-state index contributed by atoms with van der Waals surface area (Å²) in [5, 5.41) is 10.1. The van der Waals surface area contributed by atoms with Gasteiger partial charge in [-0.2, -0.15) is 0 Å². The van der Waals surface area contributed by atoms with E-state index in [1.807, 2.05) is 0 Å². The summed E-state index contributed by atoms with van der Waals surface area (Å²) in [4.78, 5) is 2.45. The molecule has 3 heterocycles. The molecule has 3 aliphatic heterocycles. The third-order valence-electron chi connectivity index (χ3n) is 5.04. The second-order valence-corrected chi connectivity index (χ2v) is 6.27. The van der Waals surface area contributed by atoms with Gasteiger partial charge >= 0.3 is 0 Å². The molecule has 1 N–H and O–H groups in total. The molecule has 0 aliphatic carbocycles. The van der Waals surface area contributed by atoms with Gasteiger partial charge in [-0.05, 0) is 32.1 Å². The highest BCUT2D eigenvalue weighted by atomic mass is 16.5. The maximum atomic E-state index is 10.1. The van der Waals surface area contributed by atoms with Crippen LogP contribution in [0, 0.1) is 0 Å². The summed E-state index contributed by atoms with van der Waals surface area (Å²) in [5.41, 5.74) is -0.345. The molecule has 3 aliphatic rings. The topological polar surface area (TPSA) is 41.9 Å². The summed E-state index contributed by atoms with van der Waals surface area (Å²) in [6.45, 7) is 6.31. The van der Waals surface area contributed by atoms with E-state index in [1.165, 1.54) is 0 Å². The van der Waals surface area contributed by atoms with E-state index in [-0.39, 0.29) is 5.60 Å². The third-order valence-corrected chi connectivity index (χ3v) is 5.04. The first-order valence-corrected chi connectivity index (χ1v) is 7.33. The number of rotatable bonds is 2. The SMILES string of the molecule is CCC1(O)CN(C2CCOC3(CCOCC3)C2)C1. The van der Waals surface area contributed by atoms with Crippen molar-refractivity contribution in [1.82, 2.24) is 4.90 Å². The van der Waals surface area contributed by atoms with Crippen LogP contribution in [0.3, 0.4) is 0 Å². The summed E-state index contributed by atoms with van der Waals surface area (Å²) >= 11 is 0. The standard InChI is InChI=1S/C14H25NO3/c1-2-13(16)10-15(11-13)12-3-6-18-14(9-12)4-7-17-8-5-14/h12,16H,2-11H2,1H3. The van der Waals surface area contributed by atoms with Gasteiger partial charge in [0.25, 0.3) is 0 Å². The Labute approximate surface area is 109 Å². The molecule has 4 heteroatoms. The molecule has 0 aromatic heterocycles. The molecule has 1 atom stereocenters. The maximum absolute atomic E-state index is 10.1.